The van der Waals surface area contributed by atoms with Crippen LogP contribution in [0, 0.1) is 0 Å². The minimum absolute atomic E-state index is 0.103. The van der Waals surface area contributed by atoms with Crippen molar-refractivity contribution in [3.63, 3.8) is 0 Å². The Balaban J connectivity index is 2.13. The maximum absolute atomic E-state index is 11.4. The number of rotatable bonds is 6. The summed E-state index contributed by atoms with van der Waals surface area (Å²) in [5.74, 6) is 0.103. The molecule has 0 bridgehead atoms. The normalized spacial score (nSPS) is 19.4. The summed E-state index contributed by atoms with van der Waals surface area (Å²) in [4.78, 5) is 13.9. The molecule has 0 aromatic carbocycles. The molecule has 1 saturated heterocycles. The van der Waals surface area contributed by atoms with Crippen LogP contribution in [0.25, 0.3) is 0 Å². The largest absolute Gasteiger partial charge is 0.353 e. The number of carbonyl (C=O) groups excluding carboxylic acids is 1. The molecule has 1 fully saturated rings. The van der Waals surface area contributed by atoms with Gasteiger partial charge in [-0.15, -0.1) is 0 Å². The third-order valence-corrected chi connectivity index (χ3v) is 3.14. The van der Waals surface area contributed by atoms with Gasteiger partial charge in [0.25, 0.3) is 0 Å². The van der Waals surface area contributed by atoms with E-state index in [-0.39, 0.29) is 5.91 Å². The van der Waals surface area contributed by atoms with E-state index in [1.807, 2.05) is 6.92 Å². The number of amides is 1. The number of carbonyl (C=O) groups is 1. The van der Waals surface area contributed by atoms with Crippen LogP contribution in [-0.2, 0) is 4.79 Å². The summed E-state index contributed by atoms with van der Waals surface area (Å²) >= 11 is 0. The zero-order valence-electron chi connectivity index (χ0n) is 10.6. The molecule has 1 aliphatic heterocycles. The second-order valence-electron chi connectivity index (χ2n) is 4.53. The first-order valence-corrected chi connectivity index (χ1v) is 6.45. The SMILES string of the molecule is CCNCC(=O)NCC(C)N1CCCCC1. The highest BCUT2D eigenvalue weighted by Crippen LogP contribution is 2.11. The van der Waals surface area contributed by atoms with E-state index in [0.717, 1.165) is 13.1 Å². The molecule has 0 spiro atoms. The van der Waals surface area contributed by atoms with E-state index in [1.165, 1.54) is 32.4 Å². The van der Waals surface area contributed by atoms with Gasteiger partial charge in [0, 0.05) is 12.6 Å². The predicted octanol–water partition coefficient (Wildman–Crippen LogP) is 0.587. The van der Waals surface area contributed by atoms with Crippen LogP contribution >= 0.6 is 0 Å². The molecule has 1 heterocycles. The van der Waals surface area contributed by atoms with Gasteiger partial charge < -0.3 is 10.6 Å². The Morgan fingerprint density at radius 2 is 2.00 bits per heavy atom. The van der Waals surface area contributed by atoms with Crippen molar-refractivity contribution in [1.29, 1.82) is 0 Å². The minimum Gasteiger partial charge on any atom is -0.353 e. The van der Waals surface area contributed by atoms with E-state index in [4.69, 9.17) is 0 Å². The fourth-order valence-corrected chi connectivity index (χ4v) is 2.05. The number of hydrogen-bond donors (Lipinski definition) is 2. The van der Waals surface area contributed by atoms with Crippen LogP contribution < -0.4 is 10.6 Å². The molecule has 0 radical (unpaired) electrons. The van der Waals surface area contributed by atoms with E-state index in [1.54, 1.807) is 0 Å². The van der Waals surface area contributed by atoms with E-state index in [9.17, 15) is 4.79 Å². The van der Waals surface area contributed by atoms with Gasteiger partial charge in [-0.3, -0.25) is 9.69 Å². The lowest BCUT2D eigenvalue weighted by Gasteiger charge is -2.32. The molecule has 0 saturated carbocycles. The van der Waals surface area contributed by atoms with Gasteiger partial charge in [0.15, 0.2) is 0 Å². The number of nitrogens with one attached hydrogen (secondary N) is 2. The van der Waals surface area contributed by atoms with E-state index >= 15 is 0 Å². The van der Waals surface area contributed by atoms with Gasteiger partial charge in [-0.25, -0.2) is 0 Å². The van der Waals surface area contributed by atoms with Crippen molar-refractivity contribution in [2.45, 2.75) is 39.2 Å². The molecule has 2 N–H and O–H groups in total. The van der Waals surface area contributed by atoms with E-state index < -0.39 is 0 Å². The molecule has 94 valence electrons. The van der Waals surface area contributed by atoms with Crippen molar-refractivity contribution in [3.05, 3.63) is 0 Å². The average Bonchev–Trinajstić information content (AvgIpc) is 2.34. The fraction of sp³-hybridized carbons (Fsp3) is 0.917. The number of hydrogen-bond acceptors (Lipinski definition) is 3. The van der Waals surface area contributed by atoms with E-state index in [2.05, 4.69) is 22.5 Å². The topological polar surface area (TPSA) is 44.4 Å². The monoisotopic (exact) mass is 227 g/mol. The highest BCUT2D eigenvalue weighted by atomic mass is 16.1. The number of likely N-dealkylation sites (N-methyl/N-ethyl adjacent to an activating group) is 1. The molecule has 1 amide bonds. The second kappa shape index (κ2) is 7.63. The molecule has 1 atom stereocenters. The van der Waals surface area contributed by atoms with Crippen molar-refractivity contribution in [2.75, 3.05) is 32.7 Å². The summed E-state index contributed by atoms with van der Waals surface area (Å²) < 4.78 is 0. The number of nitrogens with zero attached hydrogens (tertiary/aromatic N) is 1. The molecule has 1 rings (SSSR count). The molecule has 16 heavy (non-hydrogen) atoms. The van der Waals surface area contributed by atoms with Gasteiger partial charge in [0.05, 0.1) is 6.54 Å². The molecular formula is C12H25N3O. The summed E-state index contributed by atoms with van der Waals surface area (Å²) in [5.41, 5.74) is 0. The maximum atomic E-state index is 11.4. The highest BCUT2D eigenvalue weighted by molar-refractivity contribution is 5.77. The standard InChI is InChI=1S/C12H25N3O/c1-3-13-10-12(16)14-9-11(2)15-7-5-4-6-8-15/h11,13H,3-10H2,1-2H3,(H,14,16). The molecule has 0 aromatic rings. The highest BCUT2D eigenvalue weighted by Gasteiger charge is 2.16. The lowest BCUT2D eigenvalue weighted by molar-refractivity contribution is -0.120. The average molecular weight is 227 g/mol. The number of piperidine rings is 1. The third kappa shape index (κ3) is 4.94. The van der Waals surface area contributed by atoms with Gasteiger partial charge in [-0.05, 0) is 39.4 Å². The zero-order chi connectivity index (χ0) is 11.8. The van der Waals surface area contributed by atoms with Gasteiger partial charge in [0.2, 0.25) is 5.91 Å². The Morgan fingerprint density at radius 1 is 1.31 bits per heavy atom. The summed E-state index contributed by atoms with van der Waals surface area (Å²) in [6, 6.07) is 0.464. The Morgan fingerprint density at radius 3 is 2.62 bits per heavy atom. The van der Waals surface area contributed by atoms with Gasteiger partial charge in [-0.1, -0.05) is 13.3 Å². The van der Waals surface area contributed by atoms with Gasteiger partial charge in [0.1, 0.15) is 0 Å². The molecule has 1 aliphatic rings. The fourth-order valence-electron chi connectivity index (χ4n) is 2.05. The van der Waals surface area contributed by atoms with Crippen molar-refractivity contribution in [3.8, 4) is 0 Å². The van der Waals surface area contributed by atoms with Crippen molar-refractivity contribution >= 4 is 5.91 Å². The summed E-state index contributed by atoms with van der Waals surface area (Å²) in [6.07, 6.45) is 3.96. The molecule has 0 aromatic heterocycles. The third-order valence-electron chi connectivity index (χ3n) is 3.14. The Labute approximate surface area is 98.8 Å². The van der Waals surface area contributed by atoms with E-state index in [0.29, 0.717) is 12.6 Å². The Kier molecular flexibility index (Phi) is 6.42. The summed E-state index contributed by atoms with van der Waals surface area (Å²) in [5, 5.41) is 6.00. The van der Waals surface area contributed by atoms with Gasteiger partial charge >= 0.3 is 0 Å². The first kappa shape index (κ1) is 13.5. The van der Waals surface area contributed by atoms with Crippen LogP contribution in [0.4, 0.5) is 0 Å². The first-order valence-electron chi connectivity index (χ1n) is 6.45. The zero-order valence-corrected chi connectivity index (χ0v) is 10.6. The summed E-state index contributed by atoms with van der Waals surface area (Å²) in [7, 11) is 0. The lowest BCUT2D eigenvalue weighted by Crippen LogP contribution is -2.46. The van der Waals surface area contributed by atoms with Gasteiger partial charge in [-0.2, -0.15) is 0 Å². The van der Waals surface area contributed by atoms with Crippen LogP contribution in [0.5, 0.6) is 0 Å². The quantitative estimate of drug-likeness (QED) is 0.698. The van der Waals surface area contributed by atoms with Crippen molar-refractivity contribution < 1.29 is 4.79 Å². The van der Waals surface area contributed by atoms with Crippen molar-refractivity contribution in [1.82, 2.24) is 15.5 Å². The minimum atomic E-state index is 0.103. The smallest absolute Gasteiger partial charge is 0.234 e. The maximum Gasteiger partial charge on any atom is 0.234 e. The van der Waals surface area contributed by atoms with Crippen LogP contribution in [0.1, 0.15) is 33.1 Å². The van der Waals surface area contributed by atoms with Crippen LogP contribution in [0.3, 0.4) is 0 Å². The second-order valence-corrected chi connectivity index (χ2v) is 4.53. The first-order chi connectivity index (χ1) is 7.74. The predicted molar refractivity (Wildman–Crippen MR) is 66.4 cm³/mol. The van der Waals surface area contributed by atoms with Crippen LogP contribution in [-0.4, -0.2) is 49.6 Å². The summed E-state index contributed by atoms with van der Waals surface area (Å²) in [6.45, 7) is 8.61. The molecule has 1 unspecified atom stereocenters. The molecule has 4 nitrogen and oxygen atoms in total. The van der Waals surface area contributed by atoms with Crippen LogP contribution in [0.15, 0.2) is 0 Å². The lowest BCUT2D eigenvalue weighted by atomic mass is 10.1. The van der Waals surface area contributed by atoms with Crippen LogP contribution in [0.2, 0.25) is 0 Å². The number of likely N-dealkylation sites (tertiary alicyclic amines) is 1. The van der Waals surface area contributed by atoms with Crippen molar-refractivity contribution in [2.24, 2.45) is 0 Å². The Bertz CT molecular complexity index is 202. The molecule has 0 aliphatic carbocycles. The molecule has 4 heteroatoms. The Hall–Kier alpha value is -0.610. The molecular weight excluding hydrogens is 202 g/mol.